The van der Waals surface area contributed by atoms with Gasteiger partial charge < -0.3 is 14.7 Å². The van der Waals surface area contributed by atoms with Gasteiger partial charge in [0.2, 0.25) is 0 Å². The number of piperidine rings is 1. The number of hydrogen-bond donors (Lipinski definition) is 1. The third kappa shape index (κ3) is 4.38. The van der Waals surface area contributed by atoms with E-state index in [-0.39, 0.29) is 44.3 Å². The average Bonchev–Trinajstić information content (AvgIpc) is 3.54. The molecule has 2 fully saturated rings. The molecule has 1 aromatic heterocycles. The molecule has 156 valence electrons. The molecule has 4 rings (SSSR count). The van der Waals surface area contributed by atoms with Gasteiger partial charge in [-0.1, -0.05) is 0 Å². The van der Waals surface area contributed by atoms with Crippen molar-refractivity contribution in [3.05, 3.63) is 41.5 Å². The Balaban J connectivity index is 1.80. The van der Waals surface area contributed by atoms with Gasteiger partial charge in [-0.25, -0.2) is 23.1 Å². The second-order valence-electron chi connectivity index (χ2n) is 7.79. The minimum Gasteiger partial charge on any atom is -0.386 e. The van der Waals surface area contributed by atoms with Gasteiger partial charge in [-0.2, -0.15) is 0 Å². The molecule has 2 aromatic rings. The number of halogens is 3. The number of aliphatic hydroxyl groups is 1. The minimum atomic E-state index is -2.68. The summed E-state index contributed by atoms with van der Waals surface area (Å²) in [5, 5.41) is 10.7. The van der Waals surface area contributed by atoms with E-state index in [1.165, 1.54) is 19.2 Å². The van der Waals surface area contributed by atoms with Gasteiger partial charge in [0, 0.05) is 38.6 Å². The van der Waals surface area contributed by atoms with Crippen molar-refractivity contribution in [3.63, 3.8) is 0 Å². The lowest BCUT2D eigenvalue weighted by atomic mass is 10.0. The summed E-state index contributed by atoms with van der Waals surface area (Å²) in [6.45, 7) is 0.451. The van der Waals surface area contributed by atoms with Gasteiger partial charge in [0.1, 0.15) is 17.6 Å². The molecule has 1 atom stereocenters. The van der Waals surface area contributed by atoms with E-state index in [1.807, 2.05) is 0 Å². The highest BCUT2D eigenvalue weighted by molar-refractivity contribution is 5.73. The molecule has 1 aliphatic carbocycles. The average molecular weight is 407 g/mol. The predicted octanol–water partition coefficient (Wildman–Crippen LogP) is 4.11. The molecule has 1 N–H and O–H groups in total. The van der Waals surface area contributed by atoms with Crippen LogP contribution >= 0.6 is 0 Å². The molecule has 0 amide bonds. The first-order valence-corrected chi connectivity index (χ1v) is 9.84. The second-order valence-corrected chi connectivity index (χ2v) is 7.79. The number of methoxy groups -OCH3 is 1. The van der Waals surface area contributed by atoms with E-state index in [4.69, 9.17) is 14.7 Å². The van der Waals surface area contributed by atoms with Gasteiger partial charge in [-0.05, 0) is 43.0 Å². The highest BCUT2D eigenvalue weighted by Crippen LogP contribution is 2.43. The van der Waals surface area contributed by atoms with Crippen LogP contribution in [0.1, 0.15) is 43.2 Å². The van der Waals surface area contributed by atoms with Gasteiger partial charge in [0.05, 0.1) is 18.0 Å². The van der Waals surface area contributed by atoms with E-state index >= 15 is 0 Å². The molecular weight excluding hydrogens is 383 g/mol. The van der Waals surface area contributed by atoms with Crippen molar-refractivity contribution in [2.75, 3.05) is 25.1 Å². The SMILES string of the molecule is COCc1nc(N2CCC(F)(F)CC2)c(-c2ccc(F)cc2)nc1C(O)C1CC1. The standard InChI is InChI=1S/C21H24F3N3O2/c1-29-12-16-18(19(28)14-2-3-14)26-17(13-4-6-15(22)7-5-13)20(25-16)27-10-8-21(23,24)9-11-27/h4-7,14,19,28H,2-3,8-12H2,1H3. The molecule has 1 aliphatic heterocycles. The fourth-order valence-electron chi connectivity index (χ4n) is 3.66. The molecule has 2 aliphatic rings. The van der Waals surface area contributed by atoms with Crippen LogP contribution in [-0.4, -0.2) is 41.2 Å². The van der Waals surface area contributed by atoms with Crippen molar-refractivity contribution in [2.24, 2.45) is 5.92 Å². The summed E-state index contributed by atoms with van der Waals surface area (Å²) < 4.78 is 46.0. The fourth-order valence-corrected chi connectivity index (χ4v) is 3.66. The third-order valence-corrected chi connectivity index (χ3v) is 5.52. The maximum atomic E-state index is 13.7. The molecule has 2 heterocycles. The Morgan fingerprint density at radius 2 is 1.83 bits per heavy atom. The summed E-state index contributed by atoms with van der Waals surface area (Å²) in [4.78, 5) is 11.2. The van der Waals surface area contributed by atoms with Crippen molar-refractivity contribution >= 4 is 5.82 Å². The quantitative estimate of drug-likeness (QED) is 0.781. The van der Waals surface area contributed by atoms with Crippen LogP contribution in [0.25, 0.3) is 11.3 Å². The Morgan fingerprint density at radius 1 is 1.17 bits per heavy atom. The van der Waals surface area contributed by atoms with Gasteiger partial charge in [-0.3, -0.25) is 0 Å². The summed E-state index contributed by atoms with van der Waals surface area (Å²) in [5.74, 6) is -2.46. The fraction of sp³-hybridized carbons (Fsp3) is 0.524. The predicted molar refractivity (Wildman–Crippen MR) is 102 cm³/mol. The second kappa shape index (κ2) is 7.91. The molecular formula is C21H24F3N3O2. The number of rotatable bonds is 6. The lowest BCUT2D eigenvalue weighted by Gasteiger charge is -2.34. The first-order chi connectivity index (χ1) is 13.9. The highest BCUT2D eigenvalue weighted by Gasteiger charge is 2.37. The normalized spacial score (nSPS) is 20.0. The number of hydrogen-bond acceptors (Lipinski definition) is 5. The molecule has 29 heavy (non-hydrogen) atoms. The van der Waals surface area contributed by atoms with Gasteiger partial charge >= 0.3 is 0 Å². The summed E-state index contributed by atoms with van der Waals surface area (Å²) >= 11 is 0. The van der Waals surface area contributed by atoms with E-state index in [0.29, 0.717) is 28.5 Å². The first-order valence-electron chi connectivity index (χ1n) is 9.84. The number of aliphatic hydroxyl groups excluding tert-OH is 1. The molecule has 0 radical (unpaired) electrons. The van der Waals surface area contributed by atoms with E-state index in [2.05, 4.69) is 0 Å². The molecule has 1 unspecified atom stereocenters. The molecule has 0 bridgehead atoms. The minimum absolute atomic E-state index is 0.139. The zero-order valence-corrected chi connectivity index (χ0v) is 16.2. The molecule has 0 spiro atoms. The lowest BCUT2D eigenvalue weighted by Crippen LogP contribution is -2.40. The number of benzene rings is 1. The summed E-state index contributed by atoms with van der Waals surface area (Å²) in [7, 11) is 1.53. The van der Waals surface area contributed by atoms with Crippen LogP contribution in [-0.2, 0) is 11.3 Å². The molecule has 5 nitrogen and oxygen atoms in total. The van der Waals surface area contributed by atoms with E-state index in [9.17, 15) is 18.3 Å². The summed E-state index contributed by atoms with van der Waals surface area (Å²) in [6, 6.07) is 5.83. The summed E-state index contributed by atoms with van der Waals surface area (Å²) in [5.41, 5.74) is 2.04. The number of anilines is 1. The van der Waals surface area contributed by atoms with Crippen LogP contribution in [0.15, 0.2) is 24.3 Å². The van der Waals surface area contributed by atoms with Gasteiger partial charge in [-0.15, -0.1) is 0 Å². The van der Waals surface area contributed by atoms with Crippen molar-refractivity contribution in [1.82, 2.24) is 9.97 Å². The number of nitrogens with zero attached hydrogens (tertiary/aromatic N) is 3. The van der Waals surface area contributed by atoms with Crippen LogP contribution in [0, 0.1) is 11.7 Å². The van der Waals surface area contributed by atoms with Crippen LogP contribution < -0.4 is 4.90 Å². The van der Waals surface area contributed by atoms with Crippen LogP contribution in [0.5, 0.6) is 0 Å². The van der Waals surface area contributed by atoms with Gasteiger partial charge in [0.15, 0.2) is 5.82 Å². The number of ether oxygens (including phenoxy) is 1. The van der Waals surface area contributed by atoms with Crippen LogP contribution in [0.3, 0.4) is 0 Å². The smallest absolute Gasteiger partial charge is 0.251 e. The Kier molecular flexibility index (Phi) is 5.48. The molecule has 1 saturated heterocycles. The van der Waals surface area contributed by atoms with Crippen LogP contribution in [0.2, 0.25) is 0 Å². The molecule has 1 saturated carbocycles. The van der Waals surface area contributed by atoms with Crippen molar-refractivity contribution < 1.29 is 23.0 Å². The zero-order valence-electron chi connectivity index (χ0n) is 16.2. The third-order valence-electron chi connectivity index (χ3n) is 5.52. The monoisotopic (exact) mass is 407 g/mol. The van der Waals surface area contributed by atoms with Crippen molar-refractivity contribution in [3.8, 4) is 11.3 Å². The van der Waals surface area contributed by atoms with Crippen molar-refractivity contribution in [2.45, 2.75) is 44.3 Å². The molecule has 8 heteroatoms. The van der Waals surface area contributed by atoms with E-state index in [0.717, 1.165) is 12.8 Å². The lowest BCUT2D eigenvalue weighted by molar-refractivity contribution is -0.0221. The largest absolute Gasteiger partial charge is 0.386 e. The Morgan fingerprint density at radius 3 is 2.41 bits per heavy atom. The van der Waals surface area contributed by atoms with Crippen LogP contribution in [0.4, 0.5) is 19.0 Å². The maximum Gasteiger partial charge on any atom is 0.251 e. The zero-order chi connectivity index (χ0) is 20.6. The molecule has 1 aromatic carbocycles. The maximum absolute atomic E-state index is 13.7. The first kappa shape index (κ1) is 20.1. The Bertz CT molecular complexity index is 862. The number of alkyl halides is 2. The topological polar surface area (TPSA) is 58.5 Å². The highest BCUT2D eigenvalue weighted by atomic mass is 19.3. The Hall–Kier alpha value is -2.19. The van der Waals surface area contributed by atoms with Crippen molar-refractivity contribution in [1.29, 1.82) is 0 Å². The van der Waals surface area contributed by atoms with E-state index < -0.39 is 12.0 Å². The Labute approximate surface area is 167 Å². The van der Waals surface area contributed by atoms with E-state index in [1.54, 1.807) is 17.0 Å². The van der Waals surface area contributed by atoms with Gasteiger partial charge in [0.25, 0.3) is 5.92 Å². The number of aromatic nitrogens is 2. The summed E-state index contributed by atoms with van der Waals surface area (Å²) in [6.07, 6.45) is 0.563.